The number of nitrogens with two attached hydrogens (primary N) is 1. The first kappa shape index (κ1) is 21.8. The molecular weight excluding hydrogens is 392 g/mol. The van der Waals surface area contributed by atoms with Crippen LogP contribution in [0.3, 0.4) is 0 Å². The van der Waals surface area contributed by atoms with Crippen LogP contribution in [-0.2, 0) is 14.3 Å². The van der Waals surface area contributed by atoms with Gasteiger partial charge in [-0.2, -0.15) is 0 Å². The van der Waals surface area contributed by atoms with Crippen LogP contribution in [0.2, 0.25) is 0 Å². The van der Waals surface area contributed by atoms with Crippen LogP contribution in [0.25, 0.3) is 11.2 Å². The third-order valence-electron chi connectivity index (χ3n) is 4.91. The Hall–Kier alpha value is -2.89. The molecule has 5 N–H and O–H groups in total. The zero-order valence-electron chi connectivity index (χ0n) is 16.6. The number of carbonyl (C=O) groups excluding carboxylic acids is 2. The summed E-state index contributed by atoms with van der Waals surface area (Å²) in [4.78, 5) is 35.9. The van der Waals surface area contributed by atoms with Crippen molar-refractivity contribution >= 4 is 28.7 Å². The number of aliphatic hydroxyl groups is 2. The number of nitrogens with one attached hydrogen (secondary N) is 1. The highest BCUT2D eigenvalue weighted by Gasteiger charge is 2.47. The summed E-state index contributed by atoms with van der Waals surface area (Å²) in [5, 5.41) is 23.4. The van der Waals surface area contributed by atoms with E-state index in [9.17, 15) is 19.8 Å². The molecule has 3 heterocycles. The predicted molar refractivity (Wildman–Crippen MR) is 107 cm³/mol. The third-order valence-corrected chi connectivity index (χ3v) is 4.91. The number of hydrogen-bond acceptors (Lipinski definition) is 9. The van der Waals surface area contributed by atoms with Gasteiger partial charge in [0.2, 0.25) is 0 Å². The van der Waals surface area contributed by atoms with Crippen LogP contribution in [-0.4, -0.2) is 66.3 Å². The van der Waals surface area contributed by atoms with E-state index in [0.717, 1.165) is 12.8 Å². The van der Waals surface area contributed by atoms with Gasteiger partial charge in [0, 0.05) is 13.0 Å². The van der Waals surface area contributed by atoms with Gasteiger partial charge in [-0.25, -0.2) is 15.0 Å². The molecule has 0 saturated carbocycles. The van der Waals surface area contributed by atoms with Gasteiger partial charge >= 0.3 is 0 Å². The number of carbonyl (C=O) groups is 2. The molecule has 0 radical (unpaired) electrons. The molecule has 2 aromatic heterocycles. The number of nitrogen functional groups attached to an aromatic ring is 1. The first-order chi connectivity index (χ1) is 14.4. The second kappa shape index (κ2) is 9.74. The van der Waals surface area contributed by atoms with Gasteiger partial charge in [-0.05, 0) is 25.8 Å². The van der Waals surface area contributed by atoms with E-state index in [-0.39, 0.29) is 11.6 Å². The first-order valence-electron chi connectivity index (χ1n) is 9.82. The fraction of sp³-hybridized carbons (Fsp3) is 0.526. The third kappa shape index (κ3) is 4.64. The molecular formula is C19H26N6O5. The highest BCUT2D eigenvalue weighted by Crippen LogP contribution is 2.32. The van der Waals surface area contributed by atoms with Crippen LogP contribution >= 0.6 is 0 Å². The Morgan fingerprint density at radius 3 is 2.80 bits per heavy atom. The average molecular weight is 418 g/mol. The standard InChI is InChI=1S/C19H26N6O5/c1-2-6-11(26)7-4-3-5-8-21-18(29)15-13(27)14(28)19(30-15)25-10-24-12-16(20)22-9-23-17(12)25/h2,6,9-10,13-15,19,27-28H,3-5,7-8H2,1H3,(H,21,29)(H2,20,22,23)/t13-,14+,15-,19+/m0/s1. The van der Waals surface area contributed by atoms with Crippen LogP contribution in [0.15, 0.2) is 24.8 Å². The van der Waals surface area contributed by atoms with Crippen molar-refractivity contribution in [3.8, 4) is 0 Å². The minimum atomic E-state index is -1.41. The minimum Gasteiger partial charge on any atom is -0.387 e. The Bertz CT molecular complexity index is 929. The predicted octanol–water partition coefficient (Wildman–Crippen LogP) is -0.150. The molecule has 1 amide bonds. The molecule has 0 spiro atoms. The molecule has 1 saturated heterocycles. The molecule has 1 aliphatic heterocycles. The second-order valence-corrected chi connectivity index (χ2v) is 7.08. The summed E-state index contributed by atoms with van der Waals surface area (Å²) in [6.45, 7) is 2.18. The number of fused-ring (bicyclic) bond motifs is 1. The lowest BCUT2D eigenvalue weighted by Crippen LogP contribution is -2.43. The Labute approximate surface area is 173 Å². The van der Waals surface area contributed by atoms with Crippen molar-refractivity contribution in [2.45, 2.75) is 57.1 Å². The van der Waals surface area contributed by atoms with Gasteiger partial charge < -0.3 is 26.0 Å². The molecule has 162 valence electrons. The molecule has 11 nitrogen and oxygen atoms in total. The van der Waals surface area contributed by atoms with E-state index in [1.54, 1.807) is 19.1 Å². The molecule has 1 aliphatic rings. The summed E-state index contributed by atoms with van der Waals surface area (Å²) in [6, 6.07) is 0. The number of ketones is 1. The van der Waals surface area contributed by atoms with Crippen molar-refractivity contribution in [1.82, 2.24) is 24.8 Å². The number of aliphatic hydroxyl groups excluding tert-OH is 2. The van der Waals surface area contributed by atoms with E-state index >= 15 is 0 Å². The van der Waals surface area contributed by atoms with E-state index in [4.69, 9.17) is 10.5 Å². The number of rotatable bonds is 9. The highest BCUT2D eigenvalue weighted by molar-refractivity contribution is 5.89. The van der Waals surface area contributed by atoms with E-state index in [2.05, 4.69) is 20.3 Å². The van der Waals surface area contributed by atoms with Gasteiger partial charge in [-0.1, -0.05) is 12.5 Å². The summed E-state index contributed by atoms with van der Waals surface area (Å²) in [5.74, 6) is -0.260. The molecule has 1 fully saturated rings. The number of hydrogen-bond donors (Lipinski definition) is 4. The molecule has 30 heavy (non-hydrogen) atoms. The van der Waals surface area contributed by atoms with Crippen LogP contribution in [0.4, 0.5) is 5.82 Å². The Morgan fingerprint density at radius 2 is 2.03 bits per heavy atom. The zero-order chi connectivity index (χ0) is 21.7. The SMILES string of the molecule is CC=CC(=O)CCCCCNC(=O)[C@H]1O[C@@H](n2cnc3c(N)ncnc32)[C@H](O)[C@@H]1O. The number of amides is 1. The van der Waals surface area contributed by atoms with Crippen molar-refractivity contribution in [2.75, 3.05) is 12.3 Å². The lowest BCUT2D eigenvalue weighted by Gasteiger charge is -2.16. The topological polar surface area (TPSA) is 165 Å². The number of imidazole rings is 1. The Balaban J connectivity index is 1.53. The van der Waals surface area contributed by atoms with E-state index in [0.29, 0.717) is 30.6 Å². The molecule has 2 aromatic rings. The summed E-state index contributed by atoms with van der Waals surface area (Å²) in [6.07, 6.45) is 3.51. The maximum Gasteiger partial charge on any atom is 0.252 e. The molecule has 3 rings (SSSR count). The zero-order valence-corrected chi connectivity index (χ0v) is 16.6. The summed E-state index contributed by atoms with van der Waals surface area (Å²) < 4.78 is 7.05. The summed E-state index contributed by atoms with van der Waals surface area (Å²) in [7, 11) is 0. The van der Waals surface area contributed by atoms with Crippen LogP contribution in [0.1, 0.15) is 38.8 Å². The van der Waals surface area contributed by atoms with Crippen molar-refractivity contribution < 1.29 is 24.5 Å². The summed E-state index contributed by atoms with van der Waals surface area (Å²) in [5.41, 5.74) is 6.42. The number of anilines is 1. The average Bonchev–Trinajstić information content (AvgIpc) is 3.27. The molecule has 11 heteroatoms. The fourth-order valence-corrected chi connectivity index (χ4v) is 3.34. The van der Waals surface area contributed by atoms with Crippen molar-refractivity contribution in [3.05, 3.63) is 24.8 Å². The number of aromatic nitrogens is 4. The molecule has 0 aliphatic carbocycles. The van der Waals surface area contributed by atoms with Crippen LogP contribution in [0, 0.1) is 0 Å². The monoisotopic (exact) mass is 418 g/mol. The molecule has 0 unspecified atom stereocenters. The van der Waals surface area contributed by atoms with Gasteiger partial charge in [0.15, 0.2) is 29.6 Å². The van der Waals surface area contributed by atoms with Crippen molar-refractivity contribution in [2.24, 2.45) is 0 Å². The second-order valence-electron chi connectivity index (χ2n) is 7.08. The van der Waals surface area contributed by atoms with Crippen LogP contribution < -0.4 is 11.1 Å². The lowest BCUT2D eigenvalue weighted by molar-refractivity contribution is -0.137. The lowest BCUT2D eigenvalue weighted by atomic mass is 10.1. The molecule has 4 atom stereocenters. The fourth-order valence-electron chi connectivity index (χ4n) is 3.34. The smallest absolute Gasteiger partial charge is 0.252 e. The maximum absolute atomic E-state index is 12.4. The number of nitrogens with zero attached hydrogens (tertiary/aromatic N) is 4. The van der Waals surface area contributed by atoms with Crippen LogP contribution in [0.5, 0.6) is 0 Å². The Morgan fingerprint density at radius 1 is 1.23 bits per heavy atom. The molecule has 0 aromatic carbocycles. The van der Waals surface area contributed by atoms with Gasteiger partial charge in [-0.3, -0.25) is 14.2 Å². The quantitative estimate of drug-likeness (QED) is 0.320. The molecule has 0 bridgehead atoms. The highest BCUT2D eigenvalue weighted by atomic mass is 16.6. The number of allylic oxidation sites excluding steroid dienone is 2. The van der Waals surface area contributed by atoms with Crippen molar-refractivity contribution in [1.29, 1.82) is 0 Å². The first-order valence-corrected chi connectivity index (χ1v) is 9.82. The largest absolute Gasteiger partial charge is 0.387 e. The van der Waals surface area contributed by atoms with E-state index in [1.807, 2.05) is 0 Å². The van der Waals surface area contributed by atoms with Gasteiger partial charge in [-0.15, -0.1) is 0 Å². The van der Waals surface area contributed by atoms with Gasteiger partial charge in [0.05, 0.1) is 6.33 Å². The normalized spacial score (nSPS) is 24.0. The van der Waals surface area contributed by atoms with Gasteiger partial charge in [0.1, 0.15) is 24.1 Å². The minimum absolute atomic E-state index is 0.0862. The van der Waals surface area contributed by atoms with E-state index < -0.39 is 30.4 Å². The van der Waals surface area contributed by atoms with E-state index in [1.165, 1.54) is 17.2 Å². The number of ether oxygens (including phenoxy) is 1. The van der Waals surface area contributed by atoms with Gasteiger partial charge in [0.25, 0.3) is 5.91 Å². The van der Waals surface area contributed by atoms with Crippen molar-refractivity contribution in [3.63, 3.8) is 0 Å². The Kier molecular flexibility index (Phi) is 7.08. The number of unbranched alkanes of at least 4 members (excludes halogenated alkanes) is 2. The summed E-state index contributed by atoms with van der Waals surface area (Å²) >= 11 is 0. The maximum atomic E-state index is 12.4.